The number of hydrogen-bond donors (Lipinski definition) is 1. The van der Waals surface area contributed by atoms with Crippen molar-refractivity contribution in [2.45, 2.75) is 25.8 Å². The zero-order chi connectivity index (χ0) is 16.0. The maximum Gasteiger partial charge on any atom is 0.224 e. The first-order chi connectivity index (χ1) is 11.2. The molecule has 0 unspecified atom stereocenters. The van der Waals surface area contributed by atoms with Gasteiger partial charge in [0.05, 0.1) is 13.2 Å². The molecule has 5 nitrogen and oxygen atoms in total. The fraction of sp³-hybridized carbons (Fsp3) is 0.444. The smallest absolute Gasteiger partial charge is 0.224 e. The first kappa shape index (κ1) is 14.3. The maximum atomic E-state index is 11.9. The minimum Gasteiger partial charge on any atom is -0.497 e. The maximum absolute atomic E-state index is 11.9. The van der Waals surface area contributed by atoms with Crippen LogP contribution in [0.25, 0.3) is 10.8 Å². The molecule has 1 aliphatic heterocycles. The van der Waals surface area contributed by atoms with Gasteiger partial charge in [-0.15, -0.1) is 0 Å². The fourth-order valence-electron chi connectivity index (χ4n) is 3.85. The molecule has 0 spiro atoms. The fourth-order valence-corrected chi connectivity index (χ4v) is 3.85. The molecule has 1 aliphatic carbocycles. The highest BCUT2D eigenvalue weighted by Crippen LogP contribution is 2.61. The summed E-state index contributed by atoms with van der Waals surface area (Å²) in [6.45, 7) is 2.60. The summed E-state index contributed by atoms with van der Waals surface area (Å²) >= 11 is 0. The lowest BCUT2D eigenvalue weighted by Crippen LogP contribution is -2.39. The molecule has 5 heteroatoms. The van der Waals surface area contributed by atoms with E-state index in [-0.39, 0.29) is 23.3 Å². The van der Waals surface area contributed by atoms with Crippen LogP contribution in [0.4, 0.5) is 0 Å². The van der Waals surface area contributed by atoms with Crippen LogP contribution in [0.2, 0.25) is 0 Å². The number of hydrogen-bond acceptors (Lipinski definition) is 4. The highest BCUT2D eigenvalue weighted by atomic mass is 16.5. The predicted molar refractivity (Wildman–Crippen MR) is 86.6 cm³/mol. The van der Waals surface area contributed by atoms with E-state index in [1.54, 1.807) is 13.3 Å². The van der Waals surface area contributed by atoms with Gasteiger partial charge in [0.25, 0.3) is 0 Å². The lowest BCUT2D eigenvalue weighted by Gasteiger charge is -2.22. The highest BCUT2D eigenvalue weighted by molar-refractivity contribution is 5.88. The number of pyridine rings is 1. The number of aromatic nitrogens is 1. The molecule has 1 aromatic heterocycles. The van der Waals surface area contributed by atoms with E-state index >= 15 is 0 Å². The average molecular weight is 312 g/mol. The van der Waals surface area contributed by atoms with Crippen molar-refractivity contribution < 1.29 is 14.3 Å². The van der Waals surface area contributed by atoms with Gasteiger partial charge in [-0.1, -0.05) is 13.0 Å². The van der Waals surface area contributed by atoms with Crippen LogP contribution in [-0.2, 0) is 4.79 Å². The van der Waals surface area contributed by atoms with Crippen LogP contribution in [0, 0.1) is 11.3 Å². The number of nitrogens with zero attached hydrogens (tertiary/aromatic N) is 1. The second-order valence-corrected chi connectivity index (χ2v) is 6.42. The van der Waals surface area contributed by atoms with Crippen LogP contribution < -0.4 is 14.8 Å². The number of ether oxygens (including phenoxy) is 2. The van der Waals surface area contributed by atoms with E-state index in [1.165, 1.54) is 0 Å². The average Bonchev–Trinajstić information content (AvgIpc) is 3.28. The Hall–Kier alpha value is -2.30. The van der Waals surface area contributed by atoms with Crippen LogP contribution in [0.1, 0.15) is 19.8 Å². The van der Waals surface area contributed by atoms with Crippen molar-refractivity contribution in [2.24, 2.45) is 11.3 Å². The van der Waals surface area contributed by atoms with Gasteiger partial charge in [-0.25, -0.2) is 4.98 Å². The Morgan fingerprint density at radius 3 is 3.00 bits per heavy atom. The third kappa shape index (κ3) is 2.14. The number of carbonyl (C=O) groups excluding carboxylic acids is 1. The number of rotatable bonds is 5. The van der Waals surface area contributed by atoms with Crippen molar-refractivity contribution in [1.29, 1.82) is 0 Å². The summed E-state index contributed by atoms with van der Waals surface area (Å²) < 4.78 is 11.3. The minimum atomic E-state index is 0.0765. The Morgan fingerprint density at radius 2 is 2.26 bits per heavy atom. The summed E-state index contributed by atoms with van der Waals surface area (Å²) in [6.07, 6.45) is 3.73. The van der Waals surface area contributed by atoms with E-state index in [0.717, 1.165) is 29.4 Å². The molecule has 2 heterocycles. The lowest BCUT2D eigenvalue weighted by molar-refractivity contribution is -0.121. The Bertz CT molecular complexity index is 776. The Morgan fingerprint density at radius 1 is 1.39 bits per heavy atom. The zero-order valence-electron chi connectivity index (χ0n) is 13.3. The van der Waals surface area contributed by atoms with Gasteiger partial charge in [0, 0.05) is 22.9 Å². The van der Waals surface area contributed by atoms with Crippen LogP contribution in [0.3, 0.4) is 0 Å². The van der Waals surface area contributed by atoms with E-state index in [9.17, 15) is 4.79 Å². The third-order valence-electron chi connectivity index (χ3n) is 5.43. The SMILES string of the molecule is CC[C@]12C[C@H]1C(=O)N[C@@H]2COc1nccc2ccc(OC)cc12. The van der Waals surface area contributed by atoms with E-state index < -0.39 is 0 Å². The third-order valence-corrected chi connectivity index (χ3v) is 5.43. The van der Waals surface area contributed by atoms with Gasteiger partial charge < -0.3 is 14.8 Å². The molecule has 2 aliphatic rings. The second kappa shape index (κ2) is 5.11. The topological polar surface area (TPSA) is 60.5 Å². The van der Waals surface area contributed by atoms with E-state index in [0.29, 0.717) is 12.5 Å². The normalized spacial score (nSPS) is 28.3. The largest absolute Gasteiger partial charge is 0.497 e. The molecule has 4 rings (SSSR count). The van der Waals surface area contributed by atoms with Gasteiger partial charge in [-0.05, 0) is 36.4 Å². The summed E-state index contributed by atoms with van der Waals surface area (Å²) in [7, 11) is 1.64. The van der Waals surface area contributed by atoms with Crippen molar-refractivity contribution in [3.63, 3.8) is 0 Å². The van der Waals surface area contributed by atoms with Crippen molar-refractivity contribution in [3.05, 3.63) is 30.5 Å². The Kier molecular flexibility index (Phi) is 3.18. The van der Waals surface area contributed by atoms with Crippen molar-refractivity contribution in [1.82, 2.24) is 10.3 Å². The quantitative estimate of drug-likeness (QED) is 0.921. The van der Waals surface area contributed by atoms with E-state index in [4.69, 9.17) is 9.47 Å². The molecule has 1 amide bonds. The van der Waals surface area contributed by atoms with Gasteiger partial charge in [-0.3, -0.25) is 4.79 Å². The Labute approximate surface area is 135 Å². The van der Waals surface area contributed by atoms with Gasteiger partial charge in [0.15, 0.2) is 0 Å². The van der Waals surface area contributed by atoms with Crippen molar-refractivity contribution >= 4 is 16.7 Å². The van der Waals surface area contributed by atoms with Crippen molar-refractivity contribution in [2.75, 3.05) is 13.7 Å². The number of fused-ring (bicyclic) bond motifs is 2. The molecule has 3 atom stereocenters. The molecule has 2 fully saturated rings. The number of piperidine rings is 1. The number of carbonyl (C=O) groups is 1. The first-order valence-electron chi connectivity index (χ1n) is 8.04. The van der Waals surface area contributed by atoms with Crippen molar-refractivity contribution in [3.8, 4) is 11.6 Å². The molecule has 23 heavy (non-hydrogen) atoms. The summed E-state index contributed by atoms with van der Waals surface area (Å²) in [5.74, 6) is 1.72. The second-order valence-electron chi connectivity index (χ2n) is 6.42. The summed E-state index contributed by atoms with van der Waals surface area (Å²) in [6, 6.07) is 7.87. The lowest BCUT2D eigenvalue weighted by atomic mass is 9.94. The van der Waals surface area contributed by atoms with Crippen LogP contribution >= 0.6 is 0 Å². The standard InChI is InChI=1S/C18H20N2O3/c1-3-18-9-14(18)16(21)20-15(18)10-23-17-13-8-12(22-2)5-4-11(13)6-7-19-17/h4-8,14-15H,3,9-10H2,1-2H3,(H,20,21)/t14-,15+,18-/m0/s1. The molecular weight excluding hydrogens is 292 g/mol. The highest BCUT2D eigenvalue weighted by Gasteiger charge is 2.66. The minimum absolute atomic E-state index is 0.0765. The summed E-state index contributed by atoms with van der Waals surface area (Å²) in [5.41, 5.74) is 0.0966. The predicted octanol–water partition coefficient (Wildman–Crippen LogP) is 2.54. The molecule has 2 aromatic rings. The first-order valence-corrected chi connectivity index (χ1v) is 8.04. The number of nitrogens with one attached hydrogen (secondary N) is 1. The molecule has 0 radical (unpaired) electrons. The van der Waals surface area contributed by atoms with Crippen LogP contribution in [0.5, 0.6) is 11.6 Å². The zero-order valence-corrected chi connectivity index (χ0v) is 13.3. The Balaban J connectivity index is 1.58. The summed E-state index contributed by atoms with van der Waals surface area (Å²) in [4.78, 5) is 16.3. The van der Waals surface area contributed by atoms with Crippen LogP contribution in [0.15, 0.2) is 30.5 Å². The molecule has 1 N–H and O–H groups in total. The molecule has 120 valence electrons. The number of benzene rings is 1. The van der Waals surface area contributed by atoms with Gasteiger partial charge in [0.1, 0.15) is 12.4 Å². The molecule has 1 saturated heterocycles. The van der Waals surface area contributed by atoms with Gasteiger partial charge >= 0.3 is 0 Å². The van der Waals surface area contributed by atoms with E-state index in [2.05, 4.69) is 17.2 Å². The molecular formula is C18H20N2O3. The molecule has 0 bridgehead atoms. The summed E-state index contributed by atoms with van der Waals surface area (Å²) in [5, 5.41) is 5.05. The van der Waals surface area contributed by atoms with Gasteiger partial charge in [0.2, 0.25) is 11.8 Å². The number of methoxy groups -OCH3 is 1. The van der Waals surface area contributed by atoms with E-state index in [1.807, 2.05) is 24.3 Å². The van der Waals surface area contributed by atoms with Gasteiger partial charge in [-0.2, -0.15) is 0 Å². The monoisotopic (exact) mass is 312 g/mol. The molecule has 1 aromatic carbocycles. The van der Waals surface area contributed by atoms with Crippen LogP contribution in [-0.4, -0.2) is 30.6 Å². The number of amides is 1. The molecule has 1 saturated carbocycles.